The van der Waals surface area contributed by atoms with Crippen LogP contribution < -0.4 is 19.8 Å². The Kier molecular flexibility index (Phi) is 4.65. The lowest BCUT2D eigenvalue weighted by Crippen LogP contribution is -2.52. The van der Waals surface area contributed by atoms with Gasteiger partial charge in [-0.05, 0) is 24.3 Å². The van der Waals surface area contributed by atoms with E-state index in [0.29, 0.717) is 0 Å². The summed E-state index contributed by atoms with van der Waals surface area (Å²) in [5, 5.41) is 2.72. The van der Waals surface area contributed by atoms with E-state index in [1.807, 2.05) is 24.3 Å². The fourth-order valence-electron chi connectivity index (χ4n) is 2.26. The first-order valence-corrected chi connectivity index (χ1v) is 9.84. The monoisotopic (exact) mass is 296 g/mol. The Balaban J connectivity index is 2.27. The summed E-state index contributed by atoms with van der Waals surface area (Å²) in [6, 6.07) is 16.5. The quantitative estimate of drug-likeness (QED) is 0.599. The van der Waals surface area contributed by atoms with Gasteiger partial charge in [0.05, 0.1) is 12.5 Å². The summed E-state index contributed by atoms with van der Waals surface area (Å²) in [5.74, 6) is 1.63. The van der Waals surface area contributed by atoms with Crippen LogP contribution in [0.2, 0.25) is 13.1 Å². The maximum Gasteiger partial charge on any atom is 0.126 e. The van der Waals surface area contributed by atoms with E-state index < -0.39 is 8.07 Å². The summed E-state index contributed by atoms with van der Waals surface area (Å²) in [6.07, 6.45) is 2.88. The summed E-state index contributed by atoms with van der Waals surface area (Å²) < 4.78 is 10.6. The lowest BCUT2D eigenvalue weighted by atomic mass is 10.3. The van der Waals surface area contributed by atoms with Gasteiger partial charge in [-0.1, -0.05) is 60.9 Å². The molecule has 21 heavy (non-hydrogen) atoms. The van der Waals surface area contributed by atoms with Crippen LogP contribution in [0.5, 0.6) is 11.5 Å². The van der Waals surface area contributed by atoms with Gasteiger partial charge in [-0.3, -0.25) is 0 Å². The Morgan fingerprint density at radius 1 is 0.714 bits per heavy atom. The molecule has 2 aromatic carbocycles. The Morgan fingerprint density at radius 2 is 1.05 bits per heavy atom. The molecule has 3 heteroatoms. The fourth-order valence-corrected chi connectivity index (χ4v) is 4.59. The number of ether oxygens (including phenoxy) is 2. The predicted octanol–water partition coefficient (Wildman–Crippen LogP) is 3.55. The van der Waals surface area contributed by atoms with Crippen molar-refractivity contribution in [2.45, 2.75) is 13.1 Å². The van der Waals surface area contributed by atoms with Gasteiger partial charge in [0.15, 0.2) is 0 Å². The summed E-state index contributed by atoms with van der Waals surface area (Å²) in [4.78, 5) is 0. The van der Waals surface area contributed by atoms with Crippen molar-refractivity contribution in [3.8, 4) is 11.5 Å². The minimum Gasteiger partial charge on any atom is -0.466 e. The van der Waals surface area contributed by atoms with Gasteiger partial charge < -0.3 is 9.47 Å². The molecule has 0 unspecified atom stereocenters. The smallest absolute Gasteiger partial charge is 0.126 e. The molecule has 0 saturated carbocycles. The van der Waals surface area contributed by atoms with Gasteiger partial charge in [0.2, 0.25) is 0 Å². The second-order valence-corrected chi connectivity index (χ2v) is 9.65. The van der Waals surface area contributed by atoms with Crippen molar-refractivity contribution in [1.82, 2.24) is 0 Å². The highest BCUT2D eigenvalue weighted by atomic mass is 28.3. The second-order valence-electron chi connectivity index (χ2n) is 5.24. The normalized spacial score (nSPS) is 10.8. The molecule has 0 fully saturated rings. The van der Waals surface area contributed by atoms with Crippen LogP contribution in [0, 0.1) is 0 Å². The van der Waals surface area contributed by atoms with E-state index in [9.17, 15) is 0 Å². The zero-order valence-corrected chi connectivity index (χ0v) is 13.5. The third kappa shape index (κ3) is 3.44. The van der Waals surface area contributed by atoms with E-state index in [2.05, 4.69) is 50.5 Å². The van der Waals surface area contributed by atoms with Crippen LogP contribution in [0.1, 0.15) is 0 Å². The van der Waals surface area contributed by atoms with Crippen LogP contribution >= 0.6 is 0 Å². The summed E-state index contributed by atoms with van der Waals surface area (Å²) >= 11 is 0. The Morgan fingerprint density at radius 3 is 1.33 bits per heavy atom. The fraction of sp³-hybridized carbons (Fsp3) is 0.111. The summed E-state index contributed by atoms with van der Waals surface area (Å²) in [7, 11) is -1.71. The molecule has 0 aliphatic heterocycles. The van der Waals surface area contributed by atoms with Gasteiger partial charge in [0.25, 0.3) is 0 Å². The topological polar surface area (TPSA) is 18.5 Å². The largest absolute Gasteiger partial charge is 0.466 e. The molecule has 0 N–H and O–H groups in total. The zero-order chi connectivity index (χ0) is 15.3. The second kappa shape index (κ2) is 6.46. The van der Waals surface area contributed by atoms with Crippen LogP contribution in [0.25, 0.3) is 0 Å². The van der Waals surface area contributed by atoms with Crippen molar-refractivity contribution in [2.24, 2.45) is 0 Å². The SMILES string of the molecule is C=COc1ccc([Si](C)(C)c2ccc(OC=C)cc2)cc1. The lowest BCUT2D eigenvalue weighted by Gasteiger charge is -2.24. The molecule has 0 atom stereocenters. The molecule has 0 aromatic heterocycles. The van der Waals surface area contributed by atoms with Crippen LogP contribution in [-0.4, -0.2) is 8.07 Å². The highest BCUT2D eigenvalue weighted by Crippen LogP contribution is 2.14. The first kappa shape index (κ1) is 15.1. The van der Waals surface area contributed by atoms with Gasteiger partial charge in [-0.25, -0.2) is 0 Å². The molecule has 0 radical (unpaired) electrons. The maximum absolute atomic E-state index is 5.28. The average molecular weight is 296 g/mol. The number of hydrogen-bond donors (Lipinski definition) is 0. The summed E-state index contributed by atoms with van der Waals surface area (Å²) in [6.45, 7) is 11.8. The molecular formula is C18H20O2Si. The molecule has 0 saturated heterocycles. The van der Waals surface area contributed by atoms with Crippen LogP contribution in [0.15, 0.2) is 74.2 Å². The molecule has 108 valence electrons. The molecule has 0 aliphatic carbocycles. The van der Waals surface area contributed by atoms with E-state index in [1.54, 1.807) is 0 Å². The van der Waals surface area contributed by atoms with E-state index in [0.717, 1.165) is 11.5 Å². The molecule has 2 rings (SSSR count). The van der Waals surface area contributed by atoms with Crippen LogP contribution in [0.3, 0.4) is 0 Å². The zero-order valence-electron chi connectivity index (χ0n) is 12.5. The van der Waals surface area contributed by atoms with Gasteiger partial charge >= 0.3 is 0 Å². The van der Waals surface area contributed by atoms with Gasteiger partial charge in [-0.2, -0.15) is 0 Å². The molecule has 0 spiro atoms. The average Bonchev–Trinajstić information content (AvgIpc) is 2.49. The van der Waals surface area contributed by atoms with E-state index in [4.69, 9.17) is 9.47 Å². The Bertz CT molecular complexity index is 557. The van der Waals surface area contributed by atoms with Crippen molar-refractivity contribution in [3.05, 3.63) is 74.2 Å². The third-order valence-electron chi connectivity index (χ3n) is 3.59. The highest BCUT2D eigenvalue weighted by molar-refractivity contribution is 7.00. The number of benzene rings is 2. The molecule has 0 heterocycles. The van der Waals surface area contributed by atoms with Crippen molar-refractivity contribution in [3.63, 3.8) is 0 Å². The van der Waals surface area contributed by atoms with Crippen LogP contribution in [0.4, 0.5) is 0 Å². The van der Waals surface area contributed by atoms with E-state index in [1.165, 1.54) is 22.9 Å². The predicted molar refractivity (Wildman–Crippen MR) is 91.3 cm³/mol. The van der Waals surface area contributed by atoms with E-state index >= 15 is 0 Å². The summed E-state index contributed by atoms with van der Waals surface area (Å²) in [5.41, 5.74) is 0. The number of rotatable bonds is 6. The first-order chi connectivity index (χ1) is 10.1. The van der Waals surface area contributed by atoms with Crippen molar-refractivity contribution < 1.29 is 9.47 Å². The third-order valence-corrected chi connectivity index (χ3v) is 7.14. The molecule has 0 aliphatic rings. The standard InChI is InChI=1S/C18H20O2Si/c1-5-19-15-7-11-17(12-8-15)21(3,4)18-13-9-16(10-14-18)20-6-2/h5-14H,1-2H2,3-4H3. The molecule has 2 nitrogen and oxygen atoms in total. The maximum atomic E-state index is 5.28. The molecule has 2 aromatic rings. The Hall–Kier alpha value is -2.26. The first-order valence-electron chi connectivity index (χ1n) is 6.84. The minimum absolute atomic E-state index is 0.813. The van der Waals surface area contributed by atoms with Crippen molar-refractivity contribution in [2.75, 3.05) is 0 Å². The van der Waals surface area contributed by atoms with Crippen molar-refractivity contribution in [1.29, 1.82) is 0 Å². The lowest BCUT2D eigenvalue weighted by molar-refractivity contribution is 0.483. The highest BCUT2D eigenvalue weighted by Gasteiger charge is 2.25. The van der Waals surface area contributed by atoms with Gasteiger partial charge in [-0.15, -0.1) is 0 Å². The van der Waals surface area contributed by atoms with Gasteiger partial charge in [0.1, 0.15) is 19.6 Å². The van der Waals surface area contributed by atoms with Crippen LogP contribution in [-0.2, 0) is 0 Å². The van der Waals surface area contributed by atoms with E-state index in [-0.39, 0.29) is 0 Å². The molecular weight excluding hydrogens is 276 g/mol. The Labute approximate surface area is 127 Å². The molecule has 0 amide bonds. The minimum atomic E-state index is -1.71. The number of hydrogen-bond acceptors (Lipinski definition) is 2. The molecule has 0 bridgehead atoms. The van der Waals surface area contributed by atoms with Crippen molar-refractivity contribution >= 4 is 18.4 Å². The van der Waals surface area contributed by atoms with Gasteiger partial charge in [0, 0.05) is 0 Å².